The molecular formula is C16H18FN2O6P. The van der Waals surface area contributed by atoms with Crippen molar-refractivity contribution in [2.75, 3.05) is 6.61 Å². The quantitative estimate of drug-likeness (QED) is 0.765. The molecule has 0 radical (unpaired) electrons. The number of rotatable bonds is 6. The first-order valence-electron chi connectivity index (χ1n) is 7.91. The Labute approximate surface area is 148 Å². The molecule has 1 aliphatic heterocycles. The van der Waals surface area contributed by atoms with Crippen LogP contribution in [-0.4, -0.2) is 27.9 Å². The van der Waals surface area contributed by atoms with Gasteiger partial charge in [-0.15, -0.1) is 0 Å². The van der Waals surface area contributed by atoms with Crippen molar-refractivity contribution < 1.29 is 22.7 Å². The summed E-state index contributed by atoms with van der Waals surface area (Å²) in [5, 5.41) is 0. The average molecular weight is 384 g/mol. The van der Waals surface area contributed by atoms with Crippen LogP contribution in [0.5, 0.6) is 5.75 Å². The molecule has 2 heterocycles. The highest BCUT2D eigenvalue weighted by Gasteiger charge is 2.47. The van der Waals surface area contributed by atoms with Gasteiger partial charge in [0.05, 0.1) is 12.7 Å². The standard InChI is InChI=1S/C16H18FN2O6P/c1-16(17)9-12(10-23-26(22)25-11-5-3-2-4-6-11)24-14(16)19-8-7-13(20)18-15(19)21/h2-8,12,14,26H,9-10H2,1H3,(H,18,20,21)/t12-,14+,16+/m0/s1. The summed E-state index contributed by atoms with van der Waals surface area (Å²) < 4.78 is 43.5. The van der Waals surface area contributed by atoms with E-state index in [2.05, 4.69) is 4.98 Å². The Morgan fingerprint density at radius 3 is 2.77 bits per heavy atom. The van der Waals surface area contributed by atoms with Gasteiger partial charge in [-0.3, -0.25) is 18.9 Å². The van der Waals surface area contributed by atoms with Crippen molar-refractivity contribution in [2.24, 2.45) is 0 Å². The van der Waals surface area contributed by atoms with Crippen LogP contribution in [0.15, 0.2) is 52.2 Å². The number of halogens is 1. The zero-order valence-corrected chi connectivity index (χ0v) is 14.9. The second-order valence-corrected chi connectivity index (χ2v) is 7.08. The smallest absolute Gasteiger partial charge is 0.367 e. The number of hydrogen-bond acceptors (Lipinski definition) is 6. The first-order chi connectivity index (χ1) is 12.3. The van der Waals surface area contributed by atoms with Gasteiger partial charge in [0.25, 0.3) is 5.56 Å². The number of nitrogens with zero attached hydrogens (tertiary/aromatic N) is 1. The number of benzene rings is 1. The van der Waals surface area contributed by atoms with Crippen LogP contribution < -0.4 is 15.8 Å². The molecule has 1 aromatic heterocycles. The first kappa shape index (κ1) is 18.6. The number of hydrogen-bond donors (Lipinski definition) is 1. The third-order valence-electron chi connectivity index (χ3n) is 3.90. The minimum Gasteiger partial charge on any atom is -0.426 e. The molecule has 1 saturated heterocycles. The van der Waals surface area contributed by atoms with Gasteiger partial charge in [-0.1, -0.05) is 18.2 Å². The molecule has 140 valence electrons. The highest BCUT2D eigenvalue weighted by atomic mass is 31.1. The lowest BCUT2D eigenvalue weighted by Crippen LogP contribution is -2.38. The number of ether oxygens (including phenoxy) is 1. The number of aromatic amines is 1. The van der Waals surface area contributed by atoms with Gasteiger partial charge in [-0.2, -0.15) is 0 Å². The molecule has 1 unspecified atom stereocenters. The normalized spacial score (nSPS) is 26.5. The van der Waals surface area contributed by atoms with Crippen LogP contribution in [0.4, 0.5) is 4.39 Å². The van der Waals surface area contributed by atoms with E-state index in [1.165, 1.54) is 13.1 Å². The molecule has 0 bridgehead atoms. The molecular weight excluding hydrogens is 366 g/mol. The van der Waals surface area contributed by atoms with Gasteiger partial charge >= 0.3 is 13.9 Å². The molecule has 10 heteroatoms. The Morgan fingerprint density at radius 1 is 1.35 bits per heavy atom. The molecule has 8 nitrogen and oxygen atoms in total. The van der Waals surface area contributed by atoms with Crippen LogP contribution in [0.25, 0.3) is 0 Å². The van der Waals surface area contributed by atoms with Gasteiger partial charge < -0.3 is 9.26 Å². The predicted octanol–water partition coefficient (Wildman–Crippen LogP) is 2.04. The van der Waals surface area contributed by atoms with E-state index in [1.807, 2.05) is 0 Å². The lowest BCUT2D eigenvalue weighted by molar-refractivity contribution is -0.0586. The second-order valence-electron chi connectivity index (χ2n) is 6.09. The SMILES string of the molecule is C[C@@]1(F)C[C@@H](CO[PH](=O)Oc2ccccc2)O[C@H]1n1ccc(=O)[nH]c1=O. The highest BCUT2D eigenvalue weighted by Crippen LogP contribution is 2.41. The van der Waals surface area contributed by atoms with Crippen molar-refractivity contribution in [1.82, 2.24) is 9.55 Å². The molecule has 3 rings (SSSR count). The van der Waals surface area contributed by atoms with Crippen molar-refractivity contribution in [3.8, 4) is 5.75 Å². The molecule has 0 saturated carbocycles. The number of H-pyrrole nitrogens is 1. The first-order valence-corrected chi connectivity index (χ1v) is 9.13. The van der Waals surface area contributed by atoms with E-state index in [0.717, 1.165) is 10.6 Å². The van der Waals surface area contributed by atoms with Gasteiger partial charge in [0.15, 0.2) is 11.9 Å². The number of para-hydroxylation sites is 1. The topological polar surface area (TPSA) is 99.6 Å². The number of aromatic nitrogens is 2. The Hall–Kier alpha value is -2.22. The van der Waals surface area contributed by atoms with E-state index < -0.39 is 37.5 Å². The Morgan fingerprint density at radius 2 is 2.08 bits per heavy atom. The summed E-state index contributed by atoms with van der Waals surface area (Å²) in [7, 11) is -2.83. The minimum atomic E-state index is -2.83. The lowest BCUT2D eigenvalue weighted by Gasteiger charge is -2.22. The van der Waals surface area contributed by atoms with Gasteiger partial charge in [-0.25, -0.2) is 13.8 Å². The minimum absolute atomic E-state index is 0.0658. The van der Waals surface area contributed by atoms with Gasteiger partial charge in [0, 0.05) is 18.7 Å². The average Bonchev–Trinajstić information content (AvgIpc) is 2.88. The maximum Gasteiger partial charge on any atom is 0.367 e. The van der Waals surface area contributed by atoms with E-state index in [9.17, 15) is 18.5 Å². The van der Waals surface area contributed by atoms with Crippen LogP contribution >= 0.6 is 8.25 Å². The maximum atomic E-state index is 14.8. The van der Waals surface area contributed by atoms with Crippen LogP contribution in [0.3, 0.4) is 0 Å². The van der Waals surface area contributed by atoms with E-state index in [0.29, 0.717) is 5.75 Å². The van der Waals surface area contributed by atoms with Crippen molar-refractivity contribution in [2.45, 2.75) is 31.3 Å². The zero-order valence-electron chi connectivity index (χ0n) is 13.9. The van der Waals surface area contributed by atoms with Crippen molar-refractivity contribution >= 4 is 8.25 Å². The molecule has 26 heavy (non-hydrogen) atoms. The van der Waals surface area contributed by atoms with Crippen molar-refractivity contribution in [3.05, 3.63) is 63.4 Å². The van der Waals surface area contributed by atoms with Crippen LogP contribution in [-0.2, 0) is 13.8 Å². The largest absolute Gasteiger partial charge is 0.426 e. The predicted molar refractivity (Wildman–Crippen MR) is 91.4 cm³/mol. The van der Waals surface area contributed by atoms with E-state index in [1.54, 1.807) is 30.3 Å². The zero-order chi connectivity index (χ0) is 18.7. The number of alkyl halides is 1. The Bertz CT molecular complexity index is 897. The van der Waals surface area contributed by atoms with Crippen molar-refractivity contribution in [3.63, 3.8) is 0 Å². The number of nitrogens with one attached hydrogen (secondary N) is 1. The van der Waals surface area contributed by atoms with Gasteiger partial charge in [0.1, 0.15) is 5.75 Å². The van der Waals surface area contributed by atoms with Gasteiger partial charge in [0.2, 0.25) is 0 Å². The Balaban J connectivity index is 1.61. The molecule has 1 N–H and O–H groups in total. The fourth-order valence-corrected chi connectivity index (χ4v) is 3.47. The molecule has 2 aromatic rings. The monoisotopic (exact) mass is 384 g/mol. The van der Waals surface area contributed by atoms with Crippen LogP contribution in [0, 0.1) is 0 Å². The molecule has 0 aliphatic carbocycles. The summed E-state index contributed by atoms with van der Waals surface area (Å²) >= 11 is 0. The highest BCUT2D eigenvalue weighted by molar-refractivity contribution is 7.33. The third kappa shape index (κ3) is 4.30. The maximum absolute atomic E-state index is 14.8. The fourth-order valence-electron chi connectivity index (χ4n) is 2.76. The lowest BCUT2D eigenvalue weighted by atomic mass is 10.0. The van der Waals surface area contributed by atoms with E-state index >= 15 is 0 Å². The molecule has 1 fully saturated rings. The summed E-state index contributed by atoms with van der Waals surface area (Å²) in [6.07, 6.45) is -0.835. The third-order valence-corrected chi connectivity index (χ3v) is 4.70. The molecule has 0 spiro atoms. The molecule has 4 atom stereocenters. The molecule has 1 aromatic carbocycles. The van der Waals surface area contributed by atoms with Crippen molar-refractivity contribution in [1.29, 1.82) is 0 Å². The van der Waals surface area contributed by atoms with Gasteiger partial charge in [-0.05, 0) is 19.1 Å². The summed E-state index contributed by atoms with van der Waals surface area (Å²) in [6, 6.07) is 9.62. The summed E-state index contributed by atoms with van der Waals surface area (Å²) in [5.74, 6) is 0.400. The summed E-state index contributed by atoms with van der Waals surface area (Å²) in [4.78, 5) is 25.1. The molecule has 1 aliphatic rings. The van der Waals surface area contributed by atoms with Crippen LogP contribution in [0.1, 0.15) is 19.6 Å². The van der Waals surface area contributed by atoms with Crippen LogP contribution in [0.2, 0.25) is 0 Å². The van der Waals surface area contributed by atoms with E-state index in [-0.39, 0.29) is 13.0 Å². The molecule has 0 amide bonds. The fraction of sp³-hybridized carbons (Fsp3) is 0.375. The van der Waals surface area contributed by atoms with E-state index in [4.69, 9.17) is 13.8 Å². The summed E-state index contributed by atoms with van der Waals surface area (Å²) in [6.45, 7) is 1.14. The Kier molecular flexibility index (Phi) is 5.41. The second kappa shape index (κ2) is 7.57. The summed E-state index contributed by atoms with van der Waals surface area (Å²) in [5.41, 5.74) is -3.22.